The average molecular weight is 255 g/mol. The number of aliphatic hydroxyl groups excluding tert-OH is 1. The number of methoxy groups -OCH3 is 1. The molecule has 2 saturated carbocycles. The molecule has 2 rings (SSSR count). The molecule has 2 aliphatic rings. The zero-order valence-corrected chi connectivity index (χ0v) is 11.7. The van der Waals surface area contributed by atoms with Crippen molar-refractivity contribution in [2.24, 2.45) is 11.8 Å². The summed E-state index contributed by atoms with van der Waals surface area (Å²) in [6.45, 7) is 1.38. The third-order valence-corrected chi connectivity index (χ3v) is 4.81. The predicted octanol–water partition coefficient (Wildman–Crippen LogP) is 2.33. The van der Waals surface area contributed by atoms with Gasteiger partial charge in [0.05, 0.1) is 12.7 Å². The fraction of sp³-hybridized carbons (Fsp3) is 1.00. The van der Waals surface area contributed by atoms with Gasteiger partial charge < -0.3 is 15.2 Å². The predicted molar refractivity (Wildman–Crippen MR) is 73.6 cm³/mol. The van der Waals surface area contributed by atoms with Gasteiger partial charge in [-0.2, -0.15) is 0 Å². The van der Waals surface area contributed by atoms with Gasteiger partial charge in [0, 0.05) is 13.2 Å². The highest BCUT2D eigenvalue weighted by Gasteiger charge is 2.31. The number of nitrogens with one attached hydrogen (secondary N) is 1. The second-order valence-electron chi connectivity index (χ2n) is 6.17. The normalized spacial score (nSPS) is 34.0. The molecule has 0 saturated heterocycles. The zero-order chi connectivity index (χ0) is 12.8. The molecule has 0 aromatic rings. The Hall–Kier alpha value is -0.120. The Morgan fingerprint density at radius 1 is 1.17 bits per heavy atom. The molecule has 0 aliphatic heterocycles. The fourth-order valence-corrected chi connectivity index (χ4v) is 3.79. The van der Waals surface area contributed by atoms with Crippen LogP contribution in [0.1, 0.15) is 51.4 Å². The van der Waals surface area contributed by atoms with Gasteiger partial charge in [0.1, 0.15) is 0 Å². The van der Waals surface area contributed by atoms with Crippen LogP contribution in [0.15, 0.2) is 0 Å². The minimum Gasteiger partial charge on any atom is -0.391 e. The van der Waals surface area contributed by atoms with Gasteiger partial charge >= 0.3 is 0 Å². The smallest absolute Gasteiger partial charge is 0.0785 e. The minimum absolute atomic E-state index is 0.312. The number of hydrogen-bond acceptors (Lipinski definition) is 3. The summed E-state index contributed by atoms with van der Waals surface area (Å²) in [6.07, 6.45) is 10.4. The Labute approximate surface area is 111 Å². The zero-order valence-electron chi connectivity index (χ0n) is 11.7. The van der Waals surface area contributed by atoms with Crippen LogP contribution in [0.5, 0.6) is 0 Å². The van der Waals surface area contributed by atoms with E-state index in [4.69, 9.17) is 4.74 Å². The number of aliphatic hydroxyl groups is 1. The highest BCUT2D eigenvalue weighted by molar-refractivity contribution is 4.86. The molecule has 2 aliphatic carbocycles. The number of fused-ring (bicyclic) bond motifs is 1. The van der Waals surface area contributed by atoms with Gasteiger partial charge in [0.15, 0.2) is 0 Å². The maximum atomic E-state index is 9.60. The second-order valence-corrected chi connectivity index (χ2v) is 6.17. The SMILES string of the molecule is COCC(O)CCNC1CCC2CCCCC2C1. The van der Waals surface area contributed by atoms with E-state index >= 15 is 0 Å². The number of rotatable bonds is 6. The van der Waals surface area contributed by atoms with Crippen molar-refractivity contribution in [1.29, 1.82) is 0 Å². The lowest BCUT2D eigenvalue weighted by atomic mass is 9.69. The first-order valence-corrected chi connectivity index (χ1v) is 7.70. The van der Waals surface area contributed by atoms with Gasteiger partial charge in [0.2, 0.25) is 0 Å². The van der Waals surface area contributed by atoms with E-state index in [9.17, 15) is 5.11 Å². The number of hydrogen-bond donors (Lipinski definition) is 2. The van der Waals surface area contributed by atoms with Crippen molar-refractivity contribution in [3.05, 3.63) is 0 Å². The molecular formula is C15H29NO2. The van der Waals surface area contributed by atoms with E-state index in [0.717, 1.165) is 24.8 Å². The van der Waals surface area contributed by atoms with Crippen LogP contribution in [0.3, 0.4) is 0 Å². The van der Waals surface area contributed by atoms with Crippen molar-refractivity contribution >= 4 is 0 Å². The molecule has 106 valence electrons. The summed E-state index contributed by atoms with van der Waals surface area (Å²) in [5, 5.41) is 13.2. The Kier molecular flexibility index (Phi) is 5.93. The van der Waals surface area contributed by atoms with Crippen molar-refractivity contribution < 1.29 is 9.84 Å². The van der Waals surface area contributed by atoms with Crippen LogP contribution in [-0.2, 0) is 4.74 Å². The van der Waals surface area contributed by atoms with Crippen LogP contribution in [0.25, 0.3) is 0 Å². The lowest BCUT2D eigenvalue weighted by molar-refractivity contribution is 0.0577. The van der Waals surface area contributed by atoms with Gasteiger partial charge in [0.25, 0.3) is 0 Å². The lowest BCUT2D eigenvalue weighted by Gasteiger charge is -2.39. The van der Waals surface area contributed by atoms with Crippen LogP contribution in [0.2, 0.25) is 0 Å². The van der Waals surface area contributed by atoms with Crippen molar-refractivity contribution in [2.75, 3.05) is 20.3 Å². The van der Waals surface area contributed by atoms with E-state index in [1.165, 1.54) is 44.9 Å². The molecule has 0 aromatic heterocycles. The monoisotopic (exact) mass is 255 g/mol. The highest BCUT2D eigenvalue weighted by atomic mass is 16.5. The molecule has 0 aromatic carbocycles. The molecule has 0 spiro atoms. The Bertz CT molecular complexity index is 235. The molecule has 2 fully saturated rings. The maximum Gasteiger partial charge on any atom is 0.0785 e. The Morgan fingerprint density at radius 3 is 2.72 bits per heavy atom. The highest BCUT2D eigenvalue weighted by Crippen LogP contribution is 2.40. The van der Waals surface area contributed by atoms with Gasteiger partial charge in [-0.1, -0.05) is 25.7 Å². The molecule has 2 N–H and O–H groups in total. The third kappa shape index (κ3) is 4.22. The first-order valence-electron chi connectivity index (χ1n) is 7.70. The quantitative estimate of drug-likeness (QED) is 0.765. The van der Waals surface area contributed by atoms with E-state index in [2.05, 4.69) is 5.32 Å². The Balaban J connectivity index is 1.62. The Morgan fingerprint density at radius 2 is 1.94 bits per heavy atom. The number of ether oxygens (including phenoxy) is 1. The summed E-state index contributed by atoms with van der Waals surface area (Å²) in [6, 6.07) is 0.694. The first kappa shape index (κ1) is 14.3. The van der Waals surface area contributed by atoms with Gasteiger partial charge in [-0.25, -0.2) is 0 Å². The first-order chi connectivity index (χ1) is 8.79. The summed E-state index contributed by atoms with van der Waals surface area (Å²) in [4.78, 5) is 0. The molecular weight excluding hydrogens is 226 g/mol. The molecule has 0 amide bonds. The summed E-state index contributed by atoms with van der Waals surface area (Å²) >= 11 is 0. The van der Waals surface area contributed by atoms with Crippen molar-refractivity contribution in [3.63, 3.8) is 0 Å². The van der Waals surface area contributed by atoms with Crippen LogP contribution in [0.4, 0.5) is 0 Å². The van der Waals surface area contributed by atoms with Crippen molar-refractivity contribution in [1.82, 2.24) is 5.32 Å². The molecule has 18 heavy (non-hydrogen) atoms. The summed E-state index contributed by atoms with van der Waals surface area (Å²) in [7, 11) is 1.64. The summed E-state index contributed by atoms with van der Waals surface area (Å²) < 4.78 is 4.94. The third-order valence-electron chi connectivity index (χ3n) is 4.81. The molecule has 4 unspecified atom stereocenters. The molecule has 4 atom stereocenters. The molecule has 0 heterocycles. The van der Waals surface area contributed by atoms with E-state index in [1.807, 2.05) is 0 Å². The summed E-state index contributed by atoms with van der Waals surface area (Å²) in [5.41, 5.74) is 0. The van der Waals surface area contributed by atoms with Gasteiger partial charge in [-0.15, -0.1) is 0 Å². The maximum absolute atomic E-state index is 9.60. The van der Waals surface area contributed by atoms with Gasteiger partial charge in [-0.3, -0.25) is 0 Å². The molecule has 3 heteroatoms. The molecule has 0 radical (unpaired) electrons. The van der Waals surface area contributed by atoms with Crippen LogP contribution in [0, 0.1) is 11.8 Å². The van der Waals surface area contributed by atoms with Crippen LogP contribution < -0.4 is 5.32 Å². The van der Waals surface area contributed by atoms with E-state index < -0.39 is 0 Å². The van der Waals surface area contributed by atoms with E-state index in [-0.39, 0.29) is 6.10 Å². The standard InChI is InChI=1S/C15H29NO2/c1-18-11-15(17)8-9-16-14-7-6-12-4-2-3-5-13(12)10-14/h12-17H,2-11H2,1H3. The molecule has 0 bridgehead atoms. The van der Waals surface area contributed by atoms with Gasteiger partial charge in [-0.05, 0) is 44.1 Å². The van der Waals surface area contributed by atoms with Crippen molar-refractivity contribution in [3.8, 4) is 0 Å². The average Bonchev–Trinajstić information content (AvgIpc) is 2.39. The van der Waals surface area contributed by atoms with Crippen LogP contribution >= 0.6 is 0 Å². The molecule has 3 nitrogen and oxygen atoms in total. The minimum atomic E-state index is -0.312. The largest absolute Gasteiger partial charge is 0.391 e. The lowest BCUT2D eigenvalue weighted by Crippen LogP contribution is -2.40. The topological polar surface area (TPSA) is 41.5 Å². The van der Waals surface area contributed by atoms with Crippen LogP contribution in [-0.4, -0.2) is 37.5 Å². The van der Waals surface area contributed by atoms with E-state index in [1.54, 1.807) is 7.11 Å². The second kappa shape index (κ2) is 7.46. The van der Waals surface area contributed by atoms with Crippen molar-refractivity contribution in [2.45, 2.75) is 63.5 Å². The fourth-order valence-electron chi connectivity index (χ4n) is 3.79. The summed E-state index contributed by atoms with van der Waals surface area (Å²) in [5.74, 6) is 2.00. The van der Waals surface area contributed by atoms with E-state index in [0.29, 0.717) is 12.6 Å².